The van der Waals surface area contributed by atoms with Crippen LogP contribution in [0.25, 0.3) is 0 Å². The number of nitrogens with zero attached hydrogens (tertiary/aromatic N) is 1. The van der Waals surface area contributed by atoms with Crippen LogP contribution in [0, 0.1) is 11.6 Å². The van der Waals surface area contributed by atoms with Gasteiger partial charge in [0, 0.05) is 29.7 Å². The zero-order chi connectivity index (χ0) is 17.5. The number of anilines is 1. The molecule has 0 spiro atoms. The number of rotatable bonds is 6. The maximum atomic E-state index is 13.4. The van der Waals surface area contributed by atoms with Gasteiger partial charge >= 0.3 is 0 Å². The highest BCUT2D eigenvalue weighted by molar-refractivity contribution is 9.10. The van der Waals surface area contributed by atoms with E-state index in [4.69, 9.17) is 0 Å². The van der Waals surface area contributed by atoms with Crippen molar-refractivity contribution in [1.82, 2.24) is 10.3 Å². The monoisotopic (exact) mass is 397 g/mol. The third kappa shape index (κ3) is 5.38. The topological polar surface area (TPSA) is 71.1 Å². The molecule has 0 radical (unpaired) electrons. The smallest absolute Gasteiger partial charge is 0.254 e. The zero-order valence-corrected chi connectivity index (χ0v) is 14.1. The van der Waals surface area contributed by atoms with Crippen molar-refractivity contribution < 1.29 is 18.4 Å². The van der Waals surface area contributed by atoms with Crippen LogP contribution in [-0.2, 0) is 4.79 Å². The molecule has 2 amide bonds. The van der Waals surface area contributed by atoms with Gasteiger partial charge in [0.1, 0.15) is 17.5 Å². The van der Waals surface area contributed by atoms with E-state index in [2.05, 4.69) is 31.5 Å². The van der Waals surface area contributed by atoms with Crippen LogP contribution in [0.1, 0.15) is 23.2 Å². The van der Waals surface area contributed by atoms with Crippen LogP contribution in [0.2, 0.25) is 0 Å². The molecule has 2 N–H and O–H groups in total. The predicted octanol–water partition coefficient (Wildman–Crippen LogP) is 3.27. The number of benzene rings is 1. The highest BCUT2D eigenvalue weighted by Gasteiger charge is 2.12. The van der Waals surface area contributed by atoms with E-state index in [1.54, 1.807) is 18.3 Å². The van der Waals surface area contributed by atoms with Crippen molar-refractivity contribution in [3.63, 3.8) is 0 Å². The minimum Gasteiger partial charge on any atom is -0.352 e. The molecular formula is C16H14BrF2N3O2. The molecule has 0 bridgehead atoms. The van der Waals surface area contributed by atoms with E-state index < -0.39 is 17.5 Å². The standard InChI is InChI=1S/C16H14BrF2N3O2/c17-10-3-6-14(21-9-10)22-15(23)2-1-7-20-16(24)12-5-4-11(18)8-13(12)19/h3-6,8-9H,1-2,7H2,(H,20,24)(H,21,22,23). The Kier molecular flexibility index (Phi) is 6.36. The molecule has 0 unspecified atom stereocenters. The molecule has 1 heterocycles. The number of halogens is 3. The van der Waals surface area contributed by atoms with Gasteiger partial charge in [0.25, 0.3) is 5.91 Å². The van der Waals surface area contributed by atoms with E-state index in [0.29, 0.717) is 18.3 Å². The fourth-order valence-corrected chi connectivity index (χ4v) is 2.11. The molecule has 8 heteroatoms. The molecule has 0 atom stereocenters. The lowest BCUT2D eigenvalue weighted by Crippen LogP contribution is -2.26. The van der Waals surface area contributed by atoms with Crippen LogP contribution < -0.4 is 10.6 Å². The first kappa shape index (κ1) is 18.0. The van der Waals surface area contributed by atoms with Gasteiger partial charge in [-0.25, -0.2) is 13.8 Å². The van der Waals surface area contributed by atoms with Crippen LogP contribution in [-0.4, -0.2) is 23.3 Å². The summed E-state index contributed by atoms with van der Waals surface area (Å²) in [5.74, 6) is -2.14. The quantitative estimate of drug-likeness (QED) is 0.734. The van der Waals surface area contributed by atoms with Gasteiger partial charge in [0.15, 0.2) is 0 Å². The second-order valence-corrected chi connectivity index (χ2v) is 5.81. The Balaban J connectivity index is 1.73. The first-order valence-corrected chi connectivity index (χ1v) is 7.89. The van der Waals surface area contributed by atoms with Gasteiger partial charge in [-0.05, 0) is 46.6 Å². The molecule has 0 aliphatic rings. The lowest BCUT2D eigenvalue weighted by atomic mass is 10.2. The summed E-state index contributed by atoms with van der Waals surface area (Å²) in [5, 5.41) is 5.10. The molecule has 0 saturated carbocycles. The summed E-state index contributed by atoms with van der Waals surface area (Å²) in [5.41, 5.74) is -0.236. The zero-order valence-electron chi connectivity index (χ0n) is 12.5. The van der Waals surface area contributed by atoms with E-state index in [1.165, 1.54) is 0 Å². The lowest BCUT2D eigenvalue weighted by molar-refractivity contribution is -0.116. The van der Waals surface area contributed by atoms with Gasteiger partial charge in [-0.1, -0.05) is 0 Å². The number of hydrogen-bond acceptors (Lipinski definition) is 3. The van der Waals surface area contributed by atoms with E-state index in [1.807, 2.05) is 0 Å². The van der Waals surface area contributed by atoms with Crippen molar-refractivity contribution in [2.75, 3.05) is 11.9 Å². The number of pyridine rings is 1. The average Bonchev–Trinajstić information content (AvgIpc) is 2.53. The number of carbonyl (C=O) groups excluding carboxylic acids is 2. The molecule has 0 aliphatic heterocycles. The minimum absolute atomic E-state index is 0.171. The molecule has 5 nitrogen and oxygen atoms in total. The van der Waals surface area contributed by atoms with Gasteiger partial charge in [0.2, 0.25) is 5.91 Å². The molecule has 126 valence electrons. The van der Waals surface area contributed by atoms with Gasteiger partial charge in [-0.2, -0.15) is 0 Å². The average molecular weight is 398 g/mol. The fraction of sp³-hybridized carbons (Fsp3) is 0.188. The van der Waals surface area contributed by atoms with Crippen LogP contribution >= 0.6 is 15.9 Å². The number of hydrogen-bond donors (Lipinski definition) is 2. The Morgan fingerprint density at radius 2 is 1.96 bits per heavy atom. The predicted molar refractivity (Wildman–Crippen MR) is 88.5 cm³/mol. The summed E-state index contributed by atoms with van der Waals surface area (Å²) in [6.07, 6.45) is 2.11. The summed E-state index contributed by atoms with van der Waals surface area (Å²) < 4.78 is 27.0. The maximum Gasteiger partial charge on any atom is 0.254 e. The van der Waals surface area contributed by atoms with Crippen molar-refractivity contribution >= 4 is 33.6 Å². The Morgan fingerprint density at radius 3 is 2.62 bits per heavy atom. The molecule has 2 aromatic rings. The second-order valence-electron chi connectivity index (χ2n) is 4.89. The van der Waals surface area contributed by atoms with E-state index in [0.717, 1.165) is 16.6 Å². The van der Waals surface area contributed by atoms with Gasteiger partial charge < -0.3 is 10.6 Å². The van der Waals surface area contributed by atoms with Crippen molar-refractivity contribution in [2.45, 2.75) is 12.8 Å². The van der Waals surface area contributed by atoms with Gasteiger partial charge in [-0.3, -0.25) is 9.59 Å². The Bertz CT molecular complexity index is 739. The Morgan fingerprint density at radius 1 is 1.17 bits per heavy atom. The summed E-state index contributed by atoms with van der Waals surface area (Å²) in [6, 6.07) is 6.14. The largest absolute Gasteiger partial charge is 0.352 e. The van der Waals surface area contributed by atoms with E-state index in [9.17, 15) is 18.4 Å². The van der Waals surface area contributed by atoms with Crippen LogP contribution in [0.5, 0.6) is 0 Å². The number of carbonyl (C=O) groups is 2. The van der Waals surface area contributed by atoms with E-state index >= 15 is 0 Å². The van der Waals surface area contributed by atoms with Gasteiger partial charge in [-0.15, -0.1) is 0 Å². The molecular weight excluding hydrogens is 384 g/mol. The summed E-state index contributed by atoms with van der Waals surface area (Å²) >= 11 is 3.24. The van der Waals surface area contributed by atoms with Crippen LogP contribution in [0.15, 0.2) is 41.0 Å². The first-order valence-electron chi connectivity index (χ1n) is 7.10. The molecule has 2 rings (SSSR count). The molecule has 0 aliphatic carbocycles. The van der Waals surface area contributed by atoms with E-state index in [-0.39, 0.29) is 24.4 Å². The number of aromatic nitrogens is 1. The maximum absolute atomic E-state index is 13.4. The van der Waals surface area contributed by atoms with Crippen LogP contribution in [0.3, 0.4) is 0 Å². The van der Waals surface area contributed by atoms with Crippen LogP contribution in [0.4, 0.5) is 14.6 Å². The summed E-state index contributed by atoms with van der Waals surface area (Å²) in [6.45, 7) is 0.191. The Hall–Kier alpha value is -2.35. The van der Waals surface area contributed by atoms with Crippen molar-refractivity contribution in [1.29, 1.82) is 0 Å². The highest BCUT2D eigenvalue weighted by Crippen LogP contribution is 2.11. The SMILES string of the molecule is O=C(CCCNC(=O)c1ccc(F)cc1F)Nc1ccc(Br)cn1. The summed E-state index contributed by atoms with van der Waals surface area (Å²) in [4.78, 5) is 27.5. The highest BCUT2D eigenvalue weighted by atomic mass is 79.9. The van der Waals surface area contributed by atoms with Crippen molar-refractivity contribution in [3.8, 4) is 0 Å². The van der Waals surface area contributed by atoms with Crippen molar-refractivity contribution in [2.24, 2.45) is 0 Å². The third-order valence-electron chi connectivity index (χ3n) is 3.04. The summed E-state index contributed by atoms with van der Waals surface area (Å²) in [7, 11) is 0. The fourth-order valence-electron chi connectivity index (χ4n) is 1.87. The number of nitrogens with one attached hydrogen (secondary N) is 2. The molecule has 0 saturated heterocycles. The Labute approximate surface area is 145 Å². The third-order valence-corrected chi connectivity index (χ3v) is 3.51. The molecule has 1 aromatic heterocycles. The minimum atomic E-state index is -0.924. The normalized spacial score (nSPS) is 10.3. The number of amides is 2. The van der Waals surface area contributed by atoms with Gasteiger partial charge in [0.05, 0.1) is 5.56 Å². The molecule has 1 aromatic carbocycles. The first-order chi connectivity index (χ1) is 11.5. The lowest BCUT2D eigenvalue weighted by Gasteiger charge is -2.07. The van der Waals surface area contributed by atoms with Crippen molar-refractivity contribution in [3.05, 3.63) is 58.2 Å². The molecule has 24 heavy (non-hydrogen) atoms. The second kappa shape index (κ2) is 8.49. The molecule has 0 fully saturated rings.